The van der Waals surface area contributed by atoms with Crippen molar-refractivity contribution in [3.63, 3.8) is 0 Å². The minimum absolute atomic E-state index is 0.261. The standard InChI is InChI=1S/C19H22N4O3/c1-13-22-15(12-20)11-17(23-13)25-16-7-5-14(6-8-16)9-10-21-18(24)26-19(2,3)4/h5-8,11H,9-10H2,1-4H3,(H,21,24). The molecular weight excluding hydrogens is 332 g/mol. The van der Waals surface area contributed by atoms with Gasteiger partial charge in [-0.1, -0.05) is 12.1 Å². The van der Waals surface area contributed by atoms with E-state index in [1.54, 1.807) is 6.92 Å². The number of carbonyl (C=O) groups is 1. The predicted molar refractivity (Wildman–Crippen MR) is 95.9 cm³/mol. The van der Waals surface area contributed by atoms with Crippen LogP contribution in [-0.2, 0) is 11.2 Å². The van der Waals surface area contributed by atoms with Crippen molar-refractivity contribution in [2.45, 2.75) is 39.7 Å². The van der Waals surface area contributed by atoms with Crippen LogP contribution in [0.1, 0.15) is 37.9 Å². The lowest BCUT2D eigenvalue weighted by Gasteiger charge is -2.19. The molecule has 0 fully saturated rings. The molecule has 0 radical (unpaired) electrons. The zero-order valence-corrected chi connectivity index (χ0v) is 15.4. The van der Waals surface area contributed by atoms with E-state index in [1.807, 2.05) is 51.1 Å². The molecule has 0 unspecified atom stereocenters. The van der Waals surface area contributed by atoms with Crippen LogP contribution in [0, 0.1) is 18.3 Å². The van der Waals surface area contributed by atoms with Gasteiger partial charge in [0.1, 0.15) is 28.9 Å². The lowest BCUT2D eigenvalue weighted by atomic mass is 10.1. The van der Waals surface area contributed by atoms with Crippen LogP contribution in [0.15, 0.2) is 30.3 Å². The summed E-state index contributed by atoms with van der Waals surface area (Å²) in [5.74, 6) is 1.41. The van der Waals surface area contributed by atoms with Crippen LogP contribution < -0.4 is 10.1 Å². The molecule has 1 aromatic heterocycles. The Morgan fingerprint density at radius 2 is 1.92 bits per heavy atom. The first-order chi connectivity index (χ1) is 12.2. The maximum atomic E-state index is 11.6. The number of aromatic nitrogens is 2. The molecule has 2 aromatic rings. The van der Waals surface area contributed by atoms with E-state index in [9.17, 15) is 4.79 Å². The zero-order chi connectivity index (χ0) is 19.2. The minimum Gasteiger partial charge on any atom is -0.444 e. The first kappa shape index (κ1) is 19.2. The number of nitrogens with zero attached hydrogens (tertiary/aromatic N) is 3. The largest absolute Gasteiger partial charge is 0.444 e. The molecule has 1 amide bonds. The molecule has 1 N–H and O–H groups in total. The van der Waals surface area contributed by atoms with E-state index in [0.29, 0.717) is 30.4 Å². The Kier molecular flexibility index (Phi) is 6.12. The number of benzene rings is 1. The number of rotatable bonds is 5. The summed E-state index contributed by atoms with van der Waals surface area (Å²) in [5, 5.41) is 11.7. The predicted octanol–water partition coefficient (Wildman–Crippen LogP) is 3.52. The van der Waals surface area contributed by atoms with Crippen molar-refractivity contribution in [3.8, 4) is 17.7 Å². The third kappa shape index (κ3) is 6.40. The Morgan fingerprint density at radius 3 is 2.54 bits per heavy atom. The lowest BCUT2D eigenvalue weighted by Crippen LogP contribution is -2.33. The number of nitrogens with one attached hydrogen (secondary N) is 1. The Bertz CT molecular complexity index is 805. The second-order valence-corrected chi connectivity index (χ2v) is 6.68. The zero-order valence-electron chi connectivity index (χ0n) is 15.4. The van der Waals surface area contributed by atoms with E-state index in [1.165, 1.54) is 6.07 Å². The molecule has 0 spiro atoms. The summed E-state index contributed by atoms with van der Waals surface area (Å²) < 4.78 is 10.8. The van der Waals surface area contributed by atoms with Gasteiger partial charge >= 0.3 is 6.09 Å². The monoisotopic (exact) mass is 354 g/mol. The molecule has 0 aliphatic carbocycles. The molecule has 0 aliphatic rings. The number of amides is 1. The molecule has 0 saturated carbocycles. The first-order valence-electron chi connectivity index (χ1n) is 8.24. The summed E-state index contributed by atoms with van der Waals surface area (Å²) in [6.07, 6.45) is 0.245. The average molecular weight is 354 g/mol. The number of aryl methyl sites for hydroxylation is 1. The van der Waals surface area contributed by atoms with Gasteiger partial charge in [-0.3, -0.25) is 0 Å². The van der Waals surface area contributed by atoms with Crippen LogP contribution in [0.3, 0.4) is 0 Å². The Balaban J connectivity index is 1.88. The number of hydrogen-bond acceptors (Lipinski definition) is 6. The summed E-state index contributed by atoms with van der Waals surface area (Å²) in [5.41, 5.74) is 0.802. The van der Waals surface area contributed by atoms with Crippen molar-refractivity contribution < 1.29 is 14.3 Å². The van der Waals surface area contributed by atoms with Crippen molar-refractivity contribution in [1.82, 2.24) is 15.3 Å². The molecule has 0 saturated heterocycles. The van der Waals surface area contributed by atoms with E-state index in [-0.39, 0.29) is 5.69 Å². The number of ether oxygens (including phenoxy) is 2. The molecule has 136 valence electrons. The summed E-state index contributed by atoms with van der Waals surface area (Å²) in [6.45, 7) is 7.65. The molecule has 1 heterocycles. The van der Waals surface area contributed by atoms with Crippen molar-refractivity contribution in [2.75, 3.05) is 6.54 Å². The van der Waals surface area contributed by atoms with Gasteiger partial charge in [-0.2, -0.15) is 10.2 Å². The average Bonchev–Trinajstić information content (AvgIpc) is 2.54. The Morgan fingerprint density at radius 1 is 1.23 bits per heavy atom. The second-order valence-electron chi connectivity index (χ2n) is 6.68. The van der Waals surface area contributed by atoms with Gasteiger partial charge in [0.15, 0.2) is 0 Å². The van der Waals surface area contributed by atoms with Gasteiger partial charge in [-0.05, 0) is 51.8 Å². The molecule has 0 bridgehead atoms. The minimum atomic E-state index is -0.506. The Labute approximate surface area is 153 Å². The van der Waals surface area contributed by atoms with Crippen LogP contribution in [0.25, 0.3) is 0 Å². The van der Waals surface area contributed by atoms with E-state index >= 15 is 0 Å². The van der Waals surface area contributed by atoms with Gasteiger partial charge in [0.25, 0.3) is 0 Å². The van der Waals surface area contributed by atoms with Gasteiger partial charge in [0.05, 0.1) is 0 Å². The fourth-order valence-electron chi connectivity index (χ4n) is 2.12. The molecule has 7 nitrogen and oxygen atoms in total. The van der Waals surface area contributed by atoms with Crippen LogP contribution >= 0.6 is 0 Å². The van der Waals surface area contributed by atoms with E-state index in [0.717, 1.165) is 5.56 Å². The van der Waals surface area contributed by atoms with Crippen molar-refractivity contribution >= 4 is 6.09 Å². The molecule has 7 heteroatoms. The van der Waals surface area contributed by atoms with Gasteiger partial charge in [0.2, 0.25) is 5.88 Å². The third-order valence-electron chi connectivity index (χ3n) is 3.16. The van der Waals surface area contributed by atoms with E-state index < -0.39 is 11.7 Å². The number of nitriles is 1. The highest BCUT2D eigenvalue weighted by Gasteiger charge is 2.15. The SMILES string of the molecule is Cc1nc(C#N)cc(Oc2ccc(CCNC(=O)OC(C)(C)C)cc2)n1. The Hall–Kier alpha value is -3.14. The highest BCUT2D eigenvalue weighted by molar-refractivity contribution is 5.67. The van der Waals surface area contributed by atoms with Gasteiger partial charge < -0.3 is 14.8 Å². The topological polar surface area (TPSA) is 97.1 Å². The summed E-state index contributed by atoms with van der Waals surface area (Å²) >= 11 is 0. The summed E-state index contributed by atoms with van der Waals surface area (Å²) in [4.78, 5) is 19.7. The number of alkyl carbamates (subject to hydrolysis) is 1. The molecule has 0 atom stereocenters. The molecule has 2 rings (SSSR count). The number of carbonyl (C=O) groups excluding carboxylic acids is 1. The maximum Gasteiger partial charge on any atom is 0.407 e. The van der Waals surface area contributed by atoms with Crippen molar-refractivity contribution in [3.05, 3.63) is 47.4 Å². The van der Waals surface area contributed by atoms with E-state index in [2.05, 4.69) is 15.3 Å². The van der Waals surface area contributed by atoms with Crippen LogP contribution in [0.4, 0.5) is 4.79 Å². The molecule has 26 heavy (non-hydrogen) atoms. The van der Waals surface area contributed by atoms with Crippen molar-refractivity contribution in [2.24, 2.45) is 0 Å². The van der Waals surface area contributed by atoms with Gasteiger partial charge in [-0.15, -0.1) is 0 Å². The first-order valence-corrected chi connectivity index (χ1v) is 8.24. The number of hydrogen-bond donors (Lipinski definition) is 1. The van der Waals surface area contributed by atoms with Crippen LogP contribution in [0.2, 0.25) is 0 Å². The fraction of sp³-hybridized carbons (Fsp3) is 0.368. The second kappa shape index (κ2) is 8.30. The van der Waals surface area contributed by atoms with Crippen molar-refractivity contribution in [1.29, 1.82) is 5.26 Å². The van der Waals surface area contributed by atoms with Gasteiger partial charge in [-0.25, -0.2) is 9.78 Å². The maximum absolute atomic E-state index is 11.6. The third-order valence-corrected chi connectivity index (χ3v) is 3.16. The highest BCUT2D eigenvalue weighted by atomic mass is 16.6. The van der Waals surface area contributed by atoms with E-state index in [4.69, 9.17) is 14.7 Å². The summed E-state index contributed by atoms with van der Waals surface area (Å²) in [6, 6.07) is 10.9. The quantitative estimate of drug-likeness (QED) is 0.882. The normalized spacial score (nSPS) is 10.7. The fourth-order valence-corrected chi connectivity index (χ4v) is 2.12. The molecular formula is C19H22N4O3. The summed E-state index contributed by atoms with van der Waals surface area (Å²) in [7, 11) is 0. The van der Waals surface area contributed by atoms with Crippen LogP contribution in [-0.4, -0.2) is 28.2 Å². The molecule has 1 aromatic carbocycles. The molecule has 0 aliphatic heterocycles. The lowest BCUT2D eigenvalue weighted by molar-refractivity contribution is 0.0528. The smallest absolute Gasteiger partial charge is 0.407 e. The van der Waals surface area contributed by atoms with Crippen LogP contribution in [0.5, 0.6) is 11.6 Å². The highest BCUT2D eigenvalue weighted by Crippen LogP contribution is 2.20. The van der Waals surface area contributed by atoms with Gasteiger partial charge in [0, 0.05) is 12.6 Å².